The minimum Gasteiger partial charge on any atom is -0.258 e. The van der Waals surface area contributed by atoms with Gasteiger partial charge in [-0.25, -0.2) is 4.83 Å². The van der Waals surface area contributed by atoms with E-state index in [-0.39, 0.29) is 20.6 Å². The number of hydrogen-bond donors (Lipinski definition) is 1. The first kappa shape index (κ1) is 17.2. The fraction of sp³-hybridized carbons (Fsp3) is 0. The summed E-state index contributed by atoms with van der Waals surface area (Å²) in [4.78, 5) is 11.9. The van der Waals surface area contributed by atoms with E-state index in [0.29, 0.717) is 5.56 Å². The average Bonchev–Trinajstić information content (AvgIpc) is 2.50. The predicted octanol–water partition coefficient (Wildman–Crippen LogP) is 3.21. The summed E-state index contributed by atoms with van der Waals surface area (Å²) in [5.41, 5.74) is 0.422. The summed E-state index contributed by atoms with van der Waals surface area (Å²) >= 11 is 11.5. The summed E-state index contributed by atoms with van der Waals surface area (Å²) in [6, 6.07) is 9.30. The molecule has 0 amide bonds. The third-order valence-electron chi connectivity index (χ3n) is 2.69. The number of rotatable bonds is 5. The first-order valence-electron chi connectivity index (χ1n) is 6.04. The van der Waals surface area contributed by atoms with Gasteiger partial charge >= 0.3 is 0 Å². The van der Waals surface area contributed by atoms with Crippen molar-refractivity contribution in [3.63, 3.8) is 0 Å². The molecule has 0 spiro atoms. The Morgan fingerprint density at radius 2 is 1.74 bits per heavy atom. The summed E-state index contributed by atoms with van der Waals surface area (Å²) in [5.74, 6) is 0. The number of benzene rings is 2. The molecule has 7 nitrogen and oxygen atoms in total. The largest absolute Gasteiger partial charge is 0.276 e. The van der Waals surface area contributed by atoms with Gasteiger partial charge in [0.05, 0.1) is 26.1 Å². The van der Waals surface area contributed by atoms with Crippen molar-refractivity contribution < 1.29 is 13.3 Å². The Balaban J connectivity index is 2.11. The molecule has 0 bridgehead atoms. The van der Waals surface area contributed by atoms with E-state index in [2.05, 4.69) is 5.10 Å². The standard InChI is InChI=1S/C13H9Cl2N3O4S/c14-12-6-5-11(7-13(12)15)23(21,22)17-16-8-9-1-3-10(4-2-9)18(19)20/h1-8,17H/b16-8+. The van der Waals surface area contributed by atoms with Crippen molar-refractivity contribution in [3.05, 3.63) is 68.2 Å². The van der Waals surface area contributed by atoms with E-state index in [1.807, 2.05) is 4.83 Å². The van der Waals surface area contributed by atoms with Crippen LogP contribution >= 0.6 is 23.2 Å². The van der Waals surface area contributed by atoms with Gasteiger partial charge < -0.3 is 0 Å². The van der Waals surface area contributed by atoms with Gasteiger partial charge in [-0.3, -0.25) is 10.1 Å². The van der Waals surface area contributed by atoms with Crippen molar-refractivity contribution >= 4 is 45.1 Å². The van der Waals surface area contributed by atoms with Gasteiger partial charge in [0, 0.05) is 12.1 Å². The van der Waals surface area contributed by atoms with Crippen molar-refractivity contribution in [2.24, 2.45) is 5.10 Å². The van der Waals surface area contributed by atoms with Crippen LogP contribution in [0.1, 0.15) is 5.56 Å². The number of hydrogen-bond acceptors (Lipinski definition) is 5. The van der Waals surface area contributed by atoms with E-state index >= 15 is 0 Å². The van der Waals surface area contributed by atoms with Crippen molar-refractivity contribution in [2.75, 3.05) is 0 Å². The number of nitro groups is 1. The van der Waals surface area contributed by atoms with Crippen LogP contribution in [0.4, 0.5) is 5.69 Å². The highest BCUT2D eigenvalue weighted by Gasteiger charge is 2.14. The zero-order valence-corrected chi connectivity index (χ0v) is 13.6. The molecule has 0 unspecified atom stereocenters. The van der Waals surface area contributed by atoms with Crippen molar-refractivity contribution in [1.29, 1.82) is 0 Å². The van der Waals surface area contributed by atoms with Gasteiger partial charge in [-0.15, -0.1) is 0 Å². The molecular formula is C13H9Cl2N3O4S. The van der Waals surface area contributed by atoms with Crippen LogP contribution in [-0.4, -0.2) is 19.6 Å². The number of non-ortho nitro benzene ring substituents is 1. The molecule has 2 aromatic carbocycles. The second-order valence-electron chi connectivity index (χ2n) is 4.28. The van der Waals surface area contributed by atoms with E-state index in [9.17, 15) is 18.5 Å². The van der Waals surface area contributed by atoms with Gasteiger partial charge in [0.1, 0.15) is 0 Å². The Kier molecular flexibility index (Phi) is 5.19. The lowest BCUT2D eigenvalue weighted by Gasteiger charge is -2.04. The highest BCUT2D eigenvalue weighted by atomic mass is 35.5. The smallest absolute Gasteiger partial charge is 0.258 e. The molecule has 120 valence electrons. The van der Waals surface area contributed by atoms with E-state index in [4.69, 9.17) is 23.2 Å². The fourth-order valence-corrected chi connectivity index (χ4v) is 2.73. The zero-order valence-electron chi connectivity index (χ0n) is 11.3. The topological polar surface area (TPSA) is 102 Å². The van der Waals surface area contributed by atoms with Gasteiger partial charge in [-0.2, -0.15) is 13.5 Å². The maximum absolute atomic E-state index is 12.0. The summed E-state index contributed by atoms with van der Waals surface area (Å²) in [6.45, 7) is 0. The van der Waals surface area contributed by atoms with Crippen LogP contribution in [0.15, 0.2) is 52.5 Å². The van der Waals surface area contributed by atoms with Crippen LogP contribution in [0.3, 0.4) is 0 Å². The maximum Gasteiger partial charge on any atom is 0.276 e. The summed E-state index contributed by atoms with van der Waals surface area (Å²) < 4.78 is 24.0. The molecule has 0 aliphatic heterocycles. The Bertz CT molecular complexity index is 867. The first-order chi connectivity index (χ1) is 10.8. The van der Waals surface area contributed by atoms with Gasteiger partial charge in [0.15, 0.2) is 0 Å². The van der Waals surface area contributed by atoms with Gasteiger partial charge in [-0.1, -0.05) is 23.2 Å². The molecule has 2 rings (SSSR count). The molecular weight excluding hydrogens is 365 g/mol. The summed E-state index contributed by atoms with van der Waals surface area (Å²) in [5, 5.41) is 14.5. The Hall–Kier alpha value is -2.16. The molecule has 10 heteroatoms. The Morgan fingerprint density at radius 1 is 1.09 bits per heavy atom. The number of halogens is 2. The summed E-state index contributed by atoms with van der Waals surface area (Å²) in [6.07, 6.45) is 1.22. The minimum atomic E-state index is -3.89. The van der Waals surface area contributed by atoms with E-state index < -0.39 is 14.9 Å². The molecule has 0 saturated heterocycles. The molecule has 23 heavy (non-hydrogen) atoms. The van der Waals surface area contributed by atoms with E-state index in [1.165, 1.54) is 48.7 Å². The third-order valence-corrected chi connectivity index (χ3v) is 4.65. The van der Waals surface area contributed by atoms with Crippen LogP contribution in [-0.2, 0) is 10.0 Å². The van der Waals surface area contributed by atoms with E-state index in [0.717, 1.165) is 0 Å². The van der Waals surface area contributed by atoms with Crippen LogP contribution in [0, 0.1) is 10.1 Å². The molecule has 1 N–H and O–H groups in total. The van der Waals surface area contributed by atoms with E-state index in [1.54, 1.807) is 0 Å². The molecule has 0 heterocycles. The number of nitro benzene ring substituents is 1. The lowest BCUT2D eigenvalue weighted by molar-refractivity contribution is -0.384. The normalized spacial score (nSPS) is 11.6. The number of nitrogens with zero attached hydrogens (tertiary/aromatic N) is 2. The molecule has 0 aliphatic carbocycles. The zero-order chi connectivity index (χ0) is 17.0. The van der Waals surface area contributed by atoms with Crippen LogP contribution in [0.2, 0.25) is 10.0 Å². The van der Waals surface area contributed by atoms with Gasteiger partial charge in [0.2, 0.25) is 0 Å². The van der Waals surface area contributed by atoms with Crippen LogP contribution in [0.5, 0.6) is 0 Å². The number of hydrazone groups is 1. The monoisotopic (exact) mass is 373 g/mol. The second-order valence-corrected chi connectivity index (χ2v) is 6.75. The fourth-order valence-electron chi connectivity index (χ4n) is 1.55. The second kappa shape index (κ2) is 6.95. The number of sulfonamides is 1. The first-order valence-corrected chi connectivity index (χ1v) is 8.28. The highest BCUT2D eigenvalue weighted by molar-refractivity contribution is 7.89. The molecule has 0 saturated carbocycles. The quantitative estimate of drug-likeness (QED) is 0.493. The lowest BCUT2D eigenvalue weighted by atomic mass is 10.2. The Morgan fingerprint density at radius 3 is 2.30 bits per heavy atom. The summed E-state index contributed by atoms with van der Waals surface area (Å²) in [7, 11) is -3.89. The molecule has 0 atom stereocenters. The predicted molar refractivity (Wildman–Crippen MR) is 87.5 cm³/mol. The van der Waals surface area contributed by atoms with Gasteiger partial charge in [0.25, 0.3) is 15.7 Å². The minimum absolute atomic E-state index is 0.0708. The molecule has 2 aromatic rings. The maximum atomic E-state index is 12.0. The van der Waals surface area contributed by atoms with Crippen LogP contribution < -0.4 is 4.83 Å². The van der Waals surface area contributed by atoms with Crippen molar-refractivity contribution in [3.8, 4) is 0 Å². The molecule has 0 aliphatic rings. The number of nitrogens with one attached hydrogen (secondary N) is 1. The Labute approximate surface area is 141 Å². The van der Waals surface area contributed by atoms with Crippen molar-refractivity contribution in [2.45, 2.75) is 4.90 Å². The molecule has 0 aromatic heterocycles. The average molecular weight is 374 g/mol. The highest BCUT2D eigenvalue weighted by Crippen LogP contribution is 2.24. The lowest BCUT2D eigenvalue weighted by Crippen LogP contribution is -2.18. The third kappa shape index (κ3) is 4.41. The van der Waals surface area contributed by atoms with Crippen LogP contribution in [0.25, 0.3) is 0 Å². The van der Waals surface area contributed by atoms with Gasteiger partial charge in [-0.05, 0) is 35.9 Å². The van der Waals surface area contributed by atoms with Crippen molar-refractivity contribution in [1.82, 2.24) is 4.83 Å². The molecule has 0 radical (unpaired) electrons. The SMILES string of the molecule is O=[N+]([O-])c1ccc(/C=N/NS(=O)(=O)c2ccc(Cl)c(Cl)c2)cc1. The molecule has 0 fully saturated rings.